The molecule has 0 radical (unpaired) electrons. The van der Waals surface area contributed by atoms with Crippen molar-refractivity contribution < 1.29 is 40.5 Å². The van der Waals surface area contributed by atoms with E-state index < -0.39 is 28.5 Å². The predicted octanol–water partition coefficient (Wildman–Crippen LogP) is 3.16. The van der Waals surface area contributed by atoms with Crippen LogP contribution in [0.1, 0.15) is 93.6 Å². The molecule has 1 fully saturated rings. The lowest BCUT2D eigenvalue weighted by atomic mass is 10.1. The highest BCUT2D eigenvalue weighted by atomic mass is 32.3. The van der Waals surface area contributed by atoms with Crippen LogP contribution >= 0.6 is 0 Å². The fraction of sp³-hybridized carbons (Fsp3) is 0.553. The zero-order chi connectivity index (χ0) is 39.5. The SMILES string of the molecule is CCCN(CCC)CC(=O)NCCCCC(NC(=O)CCc1ccc(OS(=O)(=O)F)cc1)C(=O)NCc1ccc(C(=O)NC(C)C(=O)N2CCCC2)cc1. The number of hydrogen-bond donors (Lipinski definition) is 4. The Hall–Kier alpha value is -4.57. The summed E-state index contributed by atoms with van der Waals surface area (Å²) in [5.74, 6) is -1.51. The summed E-state index contributed by atoms with van der Waals surface area (Å²) in [6, 6.07) is 10.7. The van der Waals surface area contributed by atoms with Crippen molar-refractivity contribution in [3.05, 3.63) is 65.2 Å². The lowest BCUT2D eigenvalue weighted by molar-refractivity contribution is -0.131. The minimum atomic E-state index is -5.15. The Morgan fingerprint density at radius 2 is 1.48 bits per heavy atom. The van der Waals surface area contributed by atoms with Gasteiger partial charge in [0.05, 0.1) is 6.54 Å². The van der Waals surface area contributed by atoms with Crippen LogP contribution in [-0.4, -0.2) is 99.1 Å². The van der Waals surface area contributed by atoms with Crippen LogP contribution in [0, 0.1) is 0 Å². The maximum absolute atomic E-state index is 13.4. The number of likely N-dealkylation sites (tertiary alicyclic amines) is 1. The number of carbonyl (C=O) groups is 5. The molecule has 2 unspecified atom stereocenters. The molecule has 0 spiro atoms. The van der Waals surface area contributed by atoms with Gasteiger partial charge in [0.2, 0.25) is 23.6 Å². The van der Waals surface area contributed by atoms with Gasteiger partial charge < -0.3 is 30.4 Å². The van der Waals surface area contributed by atoms with E-state index in [0.29, 0.717) is 56.6 Å². The smallest absolute Gasteiger partial charge is 0.358 e. The quantitative estimate of drug-likeness (QED) is 0.0974. The summed E-state index contributed by atoms with van der Waals surface area (Å²) in [5.41, 5.74) is 1.77. The fourth-order valence-electron chi connectivity index (χ4n) is 6.12. The van der Waals surface area contributed by atoms with Crippen molar-refractivity contribution in [3.8, 4) is 5.75 Å². The maximum atomic E-state index is 13.4. The van der Waals surface area contributed by atoms with E-state index in [2.05, 4.69) is 44.2 Å². The fourth-order valence-corrected chi connectivity index (χ4v) is 6.46. The average molecular weight is 775 g/mol. The molecule has 298 valence electrons. The minimum Gasteiger partial charge on any atom is -0.358 e. The topological polar surface area (TPSA) is 183 Å². The van der Waals surface area contributed by atoms with Crippen LogP contribution in [0.5, 0.6) is 5.75 Å². The van der Waals surface area contributed by atoms with E-state index in [1.165, 1.54) is 24.3 Å². The number of halogens is 1. The van der Waals surface area contributed by atoms with Crippen LogP contribution in [0.4, 0.5) is 3.89 Å². The largest absolute Gasteiger partial charge is 0.488 e. The van der Waals surface area contributed by atoms with Crippen molar-refractivity contribution in [2.75, 3.05) is 39.3 Å². The van der Waals surface area contributed by atoms with Crippen LogP contribution < -0.4 is 25.5 Å². The molecule has 2 atom stereocenters. The molecule has 14 nitrogen and oxygen atoms in total. The monoisotopic (exact) mass is 774 g/mol. The zero-order valence-corrected chi connectivity index (χ0v) is 32.4. The van der Waals surface area contributed by atoms with Gasteiger partial charge in [-0.1, -0.05) is 42.0 Å². The number of unbranched alkanes of at least 4 members (excludes halogenated alkanes) is 1. The van der Waals surface area contributed by atoms with Crippen molar-refractivity contribution in [1.82, 2.24) is 31.1 Å². The molecule has 1 saturated heterocycles. The summed E-state index contributed by atoms with van der Waals surface area (Å²) in [4.78, 5) is 68.0. The maximum Gasteiger partial charge on any atom is 0.488 e. The first-order valence-electron chi connectivity index (χ1n) is 18.8. The molecule has 1 heterocycles. The normalized spacial score (nSPS) is 13.9. The van der Waals surface area contributed by atoms with Gasteiger partial charge in [0.15, 0.2) is 0 Å². The second kappa shape index (κ2) is 22.6. The Morgan fingerprint density at radius 3 is 2.09 bits per heavy atom. The Balaban J connectivity index is 1.54. The van der Waals surface area contributed by atoms with Crippen molar-refractivity contribution in [2.24, 2.45) is 0 Å². The van der Waals surface area contributed by atoms with Gasteiger partial charge in [0, 0.05) is 38.2 Å². The molecule has 3 rings (SSSR count). The number of amides is 5. The van der Waals surface area contributed by atoms with Gasteiger partial charge in [-0.05, 0) is 107 Å². The second-order valence-electron chi connectivity index (χ2n) is 13.5. The van der Waals surface area contributed by atoms with Gasteiger partial charge in [-0.3, -0.25) is 28.9 Å². The summed E-state index contributed by atoms with van der Waals surface area (Å²) in [6.45, 7) is 9.81. The average Bonchev–Trinajstić information content (AvgIpc) is 3.68. The number of rotatable bonds is 23. The van der Waals surface area contributed by atoms with Crippen molar-refractivity contribution in [3.63, 3.8) is 0 Å². The number of aryl methyl sites for hydroxylation is 1. The van der Waals surface area contributed by atoms with Crippen molar-refractivity contribution >= 4 is 40.0 Å². The molecule has 0 aromatic heterocycles. The molecular formula is C38H55FN6O8S. The standard InChI is InChI=1S/C38H55FN6O8S/c1-4-22-44(23-5-2)27-35(47)40-21-7-6-10-33(43-34(46)20-15-29-13-18-32(19-14-29)53-54(39,51)52)37(49)41-26-30-11-16-31(17-12-30)36(48)42-28(3)38(50)45-24-8-9-25-45/h11-14,16-19,28,33H,4-10,15,20-27H2,1-3H3,(H,40,47)(H,41,49)(H,42,48)(H,43,46). The Morgan fingerprint density at radius 1 is 0.852 bits per heavy atom. The van der Waals surface area contributed by atoms with Gasteiger partial charge in [-0.2, -0.15) is 8.42 Å². The van der Waals surface area contributed by atoms with E-state index >= 15 is 0 Å². The number of nitrogens with one attached hydrogen (secondary N) is 4. The van der Waals surface area contributed by atoms with Gasteiger partial charge >= 0.3 is 10.5 Å². The van der Waals surface area contributed by atoms with E-state index in [1.807, 2.05) is 0 Å². The Kier molecular flexibility index (Phi) is 18.3. The van der Waals surface area contributed by atoms with Gasteiger partial charge in [0.25, 0.3) is 5.91 Å². The summed E-state index contributed by atoms with van der Waals surface area (Å²) in [7, 11) is -5.15. The second-order valence-corrected chi connectivity index (χ2v) is 14.5. The predicted molar refractivity (Wildman–Crippen MR) is 202 cm³/mol. The molecule has 54 heavy (non-hydrogen) atoms. The van der Waals surface area contributed by atoms with E-state index in [0.717, 1.165) is 44.3 Å². The van der Waals surface area contributed by atoms with Crippen LogP contribution in [0.3, 0.4) is 0 Å². The summed E-state index contributed by atoms with van der Waals surface area (Å²) in [6.07, 6.45) is 5.61. The summed E-state index contributed by atoms with van der Waals surface area (Å²) < 4.78 is 38.4. The van der Waals surface area contributed by atoms with Crippen LogP contribution in [0.25, 0.3) is 0 Å². The molecule has 2 aromatic rings. The molecule has 4 N–H and O–H groups in total. The molecule has 1 aliphatic rings. The van der Waals surface area contributed by atoms with E-state index in [-0.39, 0.29) is 48.8 Å². The lowest BCUT2D eigenvalue weighted by Crippen LogP contribution is -2.46. The van der Waals surface area contributed by atoms with Crippen LogP contribution in [-0.2, 0) is 42.6 Å². The first-order valence-corrected chi connectivity index (χ1v) is 20.1. The highest BCUT2D eigenvalue weighted by Crippen LogP contribution is 2.16. The van der Waals surface area contributed by atoms with Gasteiger partial charge in [0.1, 0.15) is 17.8 Å². The molecule has 5 amide bonds. The van der Waals surface area contributed by atoms with Crippen molar-refractivity contribution in [2.45, 2.75) is 97.2 Å². The lowest BCUT2D eigenvalue weighted by Gasteiger charge is -2.21. The third kappa shape index (κ3) is 16.2. The Labute approximate surface area is 318 Å². The molecule has 0 bridgehead atoms. The molecule has 16 heteroatoms. The third-order valence-electron chi connectivity index (χ3n) is 8.92. The molecule has 1 aliphatic heterocycles. The molecule has 2 aromatic carbocycles. The van der Waals surface area contributed by atoms with E-state index in [4.69, 9.17) is 0 Å². The number of hydrogen-bond acceptors (Lipinski definition) is 9. The first kappa shape index (κ1) is 43.8. The van der Waals surface area contributed by atoms with Crippen LogP contribution in [0.2, 0.25) is 0 Å². The number of nitrogens with zero attached hydrogens (tertiary/aromatic N) is 2. The summed E-state index contributed by atoms with van der Waals surface area (Å²) >= 11 is 0. The molecule has 0 aliphatic carbocycles. The highest BCUT2D eigenvalue weighted by Gasteiger charge is 2.25. The molecule has 0 saturated carbocycles. The zero-order valence-electron chi connectivity index (χ0n) is 31.5. The van der Waals surface area contributed by atoms with Gasteiger partial charge in [-0.15, -0.1) is 0 Å². The summed E-state index contributed by atoms with van der Waals surface area (Å²) in [5, 5.41) is 11.4. The van der Waals surface area contributed by atoms with Crippen LogP contribution in [0.15, 0.2) is 48.5 Å². The number of carbonyl (C=O) groups excluding carboxylic acids is 5. The van der Waals surface area contributed by atoms with E-state index in [9.17, 15) is 36.3 Å². The number of benzene rings is 2. The Bertz CT molecular complexity index is 1630. The third-order valence-corrected chi connectivity index (χ3v) is 9.31. The minimum absolute atomic E-state index is 0.0270. The highest BCUT2D eigenvalue weighted by molar-refractivity contribution is 7.81. The molecular weight excluding hydrogens is 720 g/mol. The van der Waals surface area contributed by atoms with Crippen molar-refractivity contribution in [1.29, 1.82) is 0 Å². The van der Waals surface area contributed by atoms with Gasteiger partial charge in [-0.25, -0.2) is 0 Å². The van der Waals surface area contributed by atoms with E-state index in [1.54, 1.807) is 36.1 Å². The first-order chi connectivity index (χ1) is 25.8.